The number of nitrogens with zero attached hydrogens (tertiary/aromatic N) is 3. The van der Waals surface area contributed by atoms with Crippen LogP contribution in [-0.4, -0.2) is 28.5 Å². The number of hydrogen-bond acceptors (Lipinski definition) is 6. The summed E-state index contributed by atoms with van der Waals surface area (Å²) in [7, 11) is 1.57. The van der Waals surface area contributed by atoms with E-state index in [0.29, 0.717) is 6.61 Å². The Morgan fingerprint density at radius 3 is 2.68 bits per heavy atom. The van der Waals surface area contributed by atoms with Crippen LogP contribution < -0.4 is 10.1 Å². The number of aromatic nitrogens is 2. The SMILES string of the molecule is CCCCCCCOc1ncnc(NC)c1[N+](=O)[O-]. The van der Waals surface area contributed by atoms with Gasteiger partial charge < -0.3 is 10.1 Å². The standard InChI is InChI=1S/C12H20N4O3/c1-3-4-5-6-7-8-19-12-10(16(17)18)11(13-2)14-9-15-12/h9H,3-8H2,1-2H3,(H,13,14,15). The van der Waals surface area contributed by atoms with E-state index in [2.05, 4.69) is 22.2 Å². The summed E-state index contributed by atoms with van der Waals surface area (Å²) < 4.78 is 5.39. The van der Waals surface area contributed by atoms with Gasteiger partial charge in [0.05, 0.1) is 11.5 Å². The summed E-state index contributed by atoms with van der Waals surface area (Å²) in [4.78, 5) is 18.1. The molecule has 0 unspecified atom stereocenters. The molecule has 1 rings (SSSR count). The minimum atomic E-state index is -0.530. The number of anilines is 1. The molecular formula is C12H20N4O3. The van der Waals surface area contributed by atoms with Gasteiger partial charge in [-0.3, -0.25) is 10.1 Å². The van der Waals surface area contributed by atoms with E-state index in [4.69, 9.17) is 4.74 Å². The fourth-order valence-electron chi connectivity index (χ4n) is 1.69. The molecule has 19 heavy (non-hydrogen) atoms. The van der Waals surface area contributed by atoms with Crippen molar-refractivity contribution >= 4 is 11.5 Å². The van der Waals surface area contributed by atoms with Crippen LogP contribution >= 0.6 is 0 Å². The van der Waals surface area contributed by atoms with Gasteiger partial charge >= 0.3 is 5.69 Å². The zero-order chi connectivity index (χ0) is 14.1. The molecule has 0 saturated heterocycles. The Hall–Kier alpha value is -1.92. The first kappa shape index (κ1) is 15.1. The first-order valence-electron chi connectivity index (χ1n) is 6.50. The lowest BCUT2D eigenvalue weighted by atomic mass is 10.2. The van der Waals surface area contributed by atoms with E-state index in [0.717, 1.165) is 19.3 Å². The Bertz CT molecular complexity index is 412. The van der Waals surface area contributed by atoms with Crippen LogP contribution in [0.5, 0.6) is 5.88 Å². The summed E-state index contributed by atoms with van der Waals surface area (Å²) in [5.74, 6) is 0.195. The highest BCUT2D eigenvalue weighted by Crippen LogP contribution is 2.30. The first-order chi connectivity index (χ1) is 9.20. The Balaban J connectivity index is 2.55. The summed E-state index contributed by atoms with van der Waals surface area (Å²) in [6, 6.07) is 0. The van der Waals surface area contributed by atoms with Crippen LogP contribution in [0.15, 0.2) is 6.33 Å². The molecule has 1 aromatic rings. The largest absolute Gasteiger partial charge is 0.473 e. The smallest absolute Gasteiger partial charge is 0.372 e. The lowest BCUT2D eigenvalue weighted by Gasteiger charge is -2.07. The van der Waals surface area contributed by atoms with E-state index < -0.39 is 4.92 Å². The second-order valence-corrected chi connectivity index (χ2v) is 4.15. The summed E-state index contributed by atoms with van der Waals surface area (Å²) >= 11 is 0. The number of unbranched alkanes of at least 4 members (excludes halogenated alkanes) is 4. The van der Waals surface area contributed by atoms with Crippen molar-refractivity contribution in [1.29, 1.82) is 0 Å². The molecule has 0 aromatic carbocycles. The van der Waals surface area contributed by atoms with Crippen molar-refractivity contribution in [2.24, 2.45) is 0 Å². The van der Waals surface area contributed by atoms with E-state index in [1.807, 2.05) is 0 Å². The van der Waals surface area contributed by atoms with Crippen molar-refractivity contribution in [2.45, 2.75) is 39.0 Å². The molecule has 0 aliphatic rings. The summed E-state index contributed by atoms with van der Waals surface area (Å²) in [5, 5.41) is 13.6. The zero-order valence-corrected chi connectivity index (χ0v) is 11.4. The van der Waals surface area contributed by atoms with Crippen LogP contribution in [0, 0.1) is 10.1 Å². The molecule has 0 radical (unpaired) electrons. The third kappa shape index (κ3) is 4.69. The van der Waals surface area contributed by atoms with Crippen molar-refractivity contribution in [3.05, 3.63) is 16.4 Å². The van der Waals surface area contributed by atoms with Gasteiger partial charge in [0.2, 0.25) is 5.82 Å². The molecule has 7 nitrogen and oxygen atoms in total. The van der Waals surface area contributed by atoms with Crippen molar-refractivity contribution in [2.75, 3.05) is 19.0 Å². The Kier molecular flexibility index (Phi) is 6.56. The van der Waals surface area contributed by atoms with Crippen LogP contribution in [0.3, 0.4) is 0 Å². The summed E-state index contributed by atoms with van der Waals surface area (Å²) in [5.41, 5.74) is -0.210. The van der Waals surface area contributed by atoms with Gasteiger partial charge in [0.25, 0.3) is 5.88 Å². The van der Waals surface area contributed by atoms with Crippen molar-refractivity contribution in [1.82, 2.24) is 9.97 Å². The maximum atomic E-state index is 11.0. The van der Waals surface area contributed by atoms with Crippen LogP contribution in [0.25, 0.3) is 0 Å². The Morgan fingerprint density at radius 1 is 1.32 bits per heavy atom. The molecule has 1 heterocycles. The van der Waals surface area contributed by atoms with E-state index in [1.54, 1.807) is 7.05 Å². The Morgan fingerprint density at radius 2 is 2.05 bits per heavy atom. The van der Waals surface area contributed by atoms with Gasteiger partial charge in [0, 0.05) is 7.05 Å². The predicted molar refractivity (Wildman–Crippen MR) is 72.5 cm³/mol. The number of nitro groups is 1. The molecule has 7 heteroatoms. The molecule has 106 valence electrons. The summed E-state index contributed by atoms with van der Waals surface area (Å²) in [6.07, 6.45) is 6.74. The van der Waals surface area contributed by atoms with Gasteiger partial charge in [0.15, 0.2) is 0 Å². The van der Waals surface area contributed by atoms with Crippen molar-refractivity contribution in [3.63, 3.8) is 0 Å². The molecule has 0 amide bonds. The van der Waals surface area contributed by atoms with Crippen LogP contribution in [0.1, 0.15) is 39.0 Å². The molecule has 0 bridgehead atoms. The lowest BCUT2D eigenvalue weighted by Crippen LogP contribution is -2.06. The molecule has 0 fully saturated rings. The molecule has 0 aliphatic carbocycles. The van der Waals surface area contributed by atoms with Gasteiger partial charge in [-0.1, -0.05) is 32.6 Å². The average Bonchev–Trinajstić information content (AvgIpc) is 2.42. The minimum absolute atomic E-state index is 0.0276. The maximum Gasteiger partial charge on any atom is 0.372 e. The third-order valence-corrected chi connectivity index (χ3v) is 2.69. The molecule has 1 N–H and O–H groups in total. The molecule has 0 spiro atoms. The highest BCUT2D eigenvalue weighted by Gasteiger charge is 2.23. The molecular weight excluding hydrogens is 248 g/mol. The normalized spacial score (nSPS) is 10.2. The first-order valence-corrected chi connectivity index (χ1v) is 6.50. The van der Waals surface area contributed by atoms with Gasteiger partial charge in [-0.15, -0.1) is 0 Å². The van der Waals surface area contributed by atoms with E-state index >= 15 is 0 Å². The molecule has 0 atom stereocenters. The van der Waals surface area contributed by atoms with Gasteiger partial charge in [-0.05, 0) is 6.42 Å². The van der Waals surface area contributed by atoms with Crippen LogP contribution in [-0.2, 0) is 0 Å². The zero-order valence-electron chi connectivity index (χ0n) is 11.4. The molecule has 0 saturated carbocycles. The lowest BCUT2D eigenvalue weighted by molar-refractivity contribution is -0.385. The van der Waals surface area contributed by atoms with Crippen molar-refractivity contribution < 1.29 is 9.66 Å². The number of ether oxygens (including phenoxy) is 1. The maximum absolute atomic E-state index is 11.0. The predicted octanol–water partition coefficient (Wildman–Crippen LogP) is 2.78. The second-order valence-electron chi connectivity index (χ2n) is 4.15. The van der Waals surface area contributed by atoms with Gasteiger partial charge in [-0.2, -0.15) is 4.98 Å². The van der Waals surface area contributed by atoms with E-state index in [-0.39, 0.29) is 17.4 Å². The van der Waals surface area contributed by atoms with Crippen LogP contribution in [0.4, 0.5) is 11.5 Å². The fourth-order valence-corrected chi connectivity index (χ4v) is 1.69. The third-order valence-electron chi connectivity index (χ3n) is 2.69. The Labute approximate surface area is 112 Å². The number of nitrogens with one attached hydrogen (secondary N) is 1. The molecule has 0 aliphatic heterocycles. The average molecular weight is 268 g/mol. The highest BCUT2D eigenvalue weighted by atomic mass is 16.6. The minimum Gasteiger partial charge on any atom is -0.473 e. The van der Waals surface area contributed by atoms with Crippen LogP contribution in [0.2, 0.25) is 0 Å². The van der Waals surface area contributed by atoms with Crippen molar-refractivity contribution in [3.8, 4) is 5.88 Å². The van der Waals surface area contributed by atoms with Gasteiger partial charge in [-0.25, -0.2) is 4.98 Å². The van der Waals surface area contributed by atoms with E-state index in [1.165, 1.54) is 19.2 Å². The monoisotopic (exact) mass is 268 g/mol. The second kappa shape index (κ2) is 8.23. The number of rotatable bonds is 9. The quantitative estimate of drug-likeness (QED) is 0.420. The van der Waals surface area contributed by atoms with E-state index in [9.17, 15) is 10.1 Å². The highest BCUT2D eigenvalue weighted by molar-refractivity contribution is 5.60. The number of hydrogen-bond donors (Lipinski definition) is 1. The summed E-state index contributed by atoms with van der Waals surface area (Å²) in [6.45, 7) is 2.59. The molecule has 1 aromatic heterocycles. The topological polar surface area (TPSA) is 90.2 Å². The van der Waals surface area contributed by atoms with Gasteiger partial charge in [0.1, 0.15) is 6.33 Å². The fraction of sp³-hybridized carbons (Fsp3) is 0.667.